The van der Waals surface area contributed by atoms with Gasteiger partial charge in [0.25, 0.3) is 5.17 Å². The molecule has 0 aliphatic carbocycles. The standard InChI is InChI=1S/C22H18N2S.BrH/c1-4-10-18(11-5-1)16-24-21(19-12-6-2-7-13-19)17-25-22(24)23-20-14-8-3-9-15-20;/h1-15,17H,16H2;1H. The van der Waals surface area contributed by atoms with Gasteiger partial charge in [-0.2, -0.15) is 4.99 Å². The van der Waals surface area contributed by atoms with E-state index in [2.05, 4.69) is 66.1 Å². The monoisotopic (exact) mass is 422 g/mol. The summed E-state index contributed by atoms with van der Waals surface area (Å²) in [5.41, 5.74) is 4.84. The first-order valence-corrected chi connectivity index (χ1v) is 9.24. The number of nitrogens with one attached hydrogen (secondary N) is 1. The molecule has 0 aromatic heterocycles. The lowest BCUT2D eigenvalue weighted by molar-refractivity contribution is -0.733. The van der Waals surface area contributed by atoms with Gasteiger partial charge < -0.3 is 17.0 Å². The van der Waals surface area contributed by atoms with Crippen molar-refractivity contribution in [2.45, 2.75) is 6.54 Å². The zero-order valence-electron chi connectivity index (χ0n) is 14.2. The maximum absolute atomic E-state index is 4.90. The average Bonchev–Trinajstić information content (AvgIpc) is 3.06. The predicted molar refractivity (Wildman–Crippen MR) is 107 cm³/mol. The molecule has 1 N–H and O–H groups in total. The fraction of sp³-hybridized carbons (Fsp3) is 0.0455. The van der Waals surface area contributed by atoms with E-state index in [-0.39, 0.29) is 17.0 Å². The van der Waals surface area contributed by atoms with Gasteiger partial charge in [0.2, 0.25) is 0 Å². The molecule has 1 aliphatic rings. The number of nitrogens with zero attached hydrogens (tertiary/aromatic N) is 1. The van der Waals surface area contributed by atoms with Gasteiger partial charge in [-0.3, -0.25) is 0 Å². The fourth-order valence-electron chi connectivity index (χ4n) is 2.92. The number of thioether (sulfide) groups is 1. The van der Waals surface area contributed by atoms with Crippen molar-refractivity contribution in [1.82, 2.24) is 0 Å². The van der Waals surface area contributed by atoms with Crippen LogP contribution in [0.25, 0.3) is 5.70 Å². The number of benzene rings is 3. The molecular formula is C22H19BrN2S. The van der Waals surface area contributed by atoms with Crippen LogP contribution in [0.3, 0.4) is 0 Å². The molecule has 0 amide bonds. The number of hydrogen-bond acceptors (Lipinski definition) is 2. The third-order valence-electron chi connectivity index (χ3n) is 4.17. The van der Waals surface area contributed by atoms with Crippen LogP contribution in [-0.2, 0) is 6.54 Å². The molecule has 4 heteroatoms. The highest BCUT2D eigenvalue weighted by molar-refractivity contribution is 8.16. The number of amidine groups is 1. The van der Waals surface area contributed by atoms with E-state index in [1.54, 1.807) is 11.8 Å². The summed E-state index contributed by atoms with van der Waals surface area (Å²) in [6.07, 6.45) is 0. The van der Waals surface area contributed by atoms with Crippen molar-refractivity contribution in [2.24, 2.45) is 4.99 Å². The Hall–Kier alpha value is -2.14. The molecule has 2 nitrogen and oxygen atoms in total. The molecule has 26 heavy (non-hydrogen) atoms. The molecule has 4 rings (SSSR count). The predicted octanol–water partition coefficient (Wildman–Crippen LogP) is 1.51. The molecule has 0 radical (unpaired) electrons. The molecule has 1 aliphatic heterocycles. The zero-order chi connectivity index (χ0) is 16.9. The van der Waals surface area contributed by atoms with E-state index in [1.807, 2.05) is 30.3 Å². The molecule has 0 saturated heterocycles. The van der Waals surface area contributed by atoms with E-state index in [1.165, 1.54) is 21.7 Å². The van der Waals surface area contributed by atoms with Gasteiger partial charge in [-0.1, -0.05) is 66.7 Å². The van der Waals surface area contributed by atoms with Crippen LogP contribution >= 0.6 is 11.8 Å². The summed E-state index contributed by atoms with van der Waals surface area (Å²) in [6, 6.07) is 31.4. The second kappa shape index (κ2) is 8.99. The summed E-state index contributed by atoms with van der Waals surface area (Å²) in [4.78, 5) is 6.20. The van der Waals surface area contributed by atoms with Crippen molar-refractivity contribution in [3.63, 3.8) is 0 Å². The largest absolute Gasteiger partial charge is 1.00 e. The Morgan fingerprint density at radius 2 is 1.31 bits per heavy atom. The minimum Gasteiger partial charge on any atom is -1.00 e. The van der Waals surface area contributed by atoms with Crippen LogP contribution in [0, 0.1) is 0 Å². The SMILES string of the molecule is C1=C(c2ccccc2)[NH+](Cc2ccccc2)C(=Nc2ccccc2)S1.[Br-]. The Labute approximate surface area is 169 Å². The van der Waals surface area contributed by atoms with Crippen LogP contribution in [0.4, 0.5) is 5.69 Å². The van der Waals surface area contributed by atoms with E-state index in [0.29, 0.717) is 0 Å². The lowest BCUT2D eigenvalue weighted by Gasteiger charge is -2.16. The fourth-order valence-corrected chi connectivity index (χ4v) is 3.91. The van der Waals surface area contributed by atoms with Gasteiger partial charge in [-0.25, -0.2) is 4.90 Å². The van der Waals surface area contributed by atoms with Crippen LogP contribution in [0.2, 0.25) is 0 Å². The van der Waals surface area contributed by atoms with Crippen LogP contribution in [-0.4, -0.2) is 5.17 Å². The molecule has 0 spiro atoms. The highest BCUT2D eigenvalue weighted by atomic mass is 79.9. The van der Waals surface area contributed by atoms with Gasteiger partial charge in [-0.05, 0) is 36.0 Å². The first-order valence-electron chi connectivity index (χ1n) is 8.36. The number of halogens is 1. The Morgan fingerprint density at radius 3 is 1.96 bits per heavy atom. The molecule has 130 valence electrons. The second-order valence-corrected chi connectivity index (χ2v) is 6.77. The molecule has 3 aromatic carbocycles. The summed E-state index contributed by atoms with van der Waals surface area (Å²) >= 11 is 1.72. The van der Waals surface area contributed by atoms with E-state index < -0.39 is 0 Å². The summed E-state index contributed by atoms with van der Waals surface area (Å²) in [6.45, 7) is 0.889. The summed E-state index contributed by atoms with van der Waals surface area (Å²) in [5.74, 6) is 0. The molecule has 0 saturated carbocycles. The van der Waals surface area contributed by atoms with Crippen molar-refractivity contribution in [3.8, 4) is 0 Å². The number of para-hydroxylation sites is 1. The van der Waals surface area contributed by atoms with Crippen molar-refractivity contribution in [3.05, 3.63) is 108 Å². The number of quaternary nitrogens is 1. The number of rotatable bonds is 4. The van der Waals surface area contributed by atoms with Crippen molar-refractivity contribution < 1.29 is 21.9 Å². The third-order valence-corrected chi connectivity index (χ3v) is 5.08. The van der Waals surface area contributed by atoms with Crippen molar-refractivity contribution in [1.29, 1.82) is 0 Å². The average molecular weight is 423 g/mol. The van der Waals surface area contributed by atoms with Crippen molar-refractivity contribution >= 4 is 28.3 Å². The van der Waals surface area contributed by atoms with Gasteiger partial charge in [0, 0.05) is 16.5 Å². The molecule has 0 bridgehead atoms. The van der Waals surface area contributed by atoms with E-state index in [0.717, 1.165) is 17.4 Å². The van der Waals surface area contributed by atoms with Crippen LogP contribution < -0.4 is 21.9 Å². The number of aliphatic imine (C=N–C) groups is 1. The molecule has 1 unspecified atom stereocenters. The molecule has 0 fully saturated rings. The van der Waals surface area contributed by atoms with Gasteiger partial charge in [0.05, 0.1) is 5.69 Å². The van der Waals surface area contributed by atoms with Gasteiger partial charge in [0.1, 0.15) is 6.54 Å². The Morgan fingerprint density at radius 1 is 0.731 bits per heavy atom. The van der Waals surface area contributed by atoms with Crippen LogP contribution in [0.1, 0.15) is 11.1 Å². The Kier molecular flexibility index (Phi) is 6.45. The summed E-state index contributed by atoms with van der Waals surface area (Å²) in [7, 11) is 0. The Bertz CT molecular complexity index is 893. The third kappa shape index (κ3) is 4.33. The Balaban J connectivity index is 0.00000196. The minimum absolute atomic E-state index is 0. The quantitative estimate of drug-likeness (QED) is 0.673. The van der Waals surface area contributed by atoms with Crippen LogP contribution in [0.15, 0.2) is 101 Å². The topological polar surface area (TPSA) is 16.8 Å². The smallest absolute Gasteiger partial charge is 0.272 e. The lowest BCUT2D eigenvalue weighted by Crippen LogP contribution is -3.08. The van der Waals surface area contributed by atoms with Crippen molar-refractivity contribution in [2.75, 3.05) is 0 Å². The minimum atomic E-state index is 0. The van der Waals surface area contributed by atoms with Gasteiger partial charge in [0.15, 0.2) is 5.70 Å². The molecule has 1 heterocycles. The number of hydrogen-bond donors (Lipinski definition) is 1. The normalized spacial score (nSPS) is 17.6. The summed E-state index contributed by atoms with van der Waals surface area (Å²) < 4.78 is 0. The van der Waals surface area contributed by atoms with Crippen LogP contribution in [0.5, 0.6) is 0 Å². The molecule has 1 atom stereocenters. The lowest BCUT2D eigenvalue weighted by atomic mass is 10.1. The van der Waals surface area contributed by atoms with E-state index in [9.17, 15) is 0 Å². The highest BCUT2D eigenvalue weighted by Gasteiger charge is 2.30. The second-order valence-electron chi connectivity index (χ2n) is 5.91. The van der Waals surface area contributed by atoms with Gasteiger partial charge >= 0.3 is 0 Å². The maximum Gasteiger partial charge on any atom is 0.272 e. The maximum atomic E-state index is 4.90. The first kappa shape index (κ1) is 18.6. The molecule has 3 aromatic rings. The molecular weight excluding hydrogens is 404 g/mol. The highest BCUT2D eigenvalue weighted by Crippen LogP contribution is 2.23. The first-order chi connectivity index (χ1) is 12.4. The summed E-state index contributed by atoms with van der Waals surface area (Å²) in [5, 5.41) is 3.32. The van der Waals surface area contributed by atoms with E-state index >= 15 is 0 Å². The zero-order valence-corrected chi connectivity index (χ0v) is 16.6. The van der Waals surface area contributed by atoms with E-state index in [4.69, 9.17) is 4.99 Å². The van der Waals surface area contributed by atoms with Gasteiger partial charge in [-0.15, -0.1) is 0 Å².